The molecule has 1 radical (unpaired) electrons. The Morgan fingerprint density at radius 1 is 1.10 bits per heavy atom. The van der Waals surface area contributed by atoms with E-state index in [-0.39, 0.29) is 5.78 Å². The van der Waals surface area contributed by atoms with Gasteiger partial charge in [-0.1, -0.05) is 36.6 Å². The van der Waals surface area contributed by atoms with Gasteiger partial charge in [-0.15, -0.1) is 0 Å². The molecule has 0 amide bonds. The molecule has 0 aliphatic heterocycles. The Kier molecular flexibility index (Phi) is 4.59. The molecule has 2 rings (SSSR count). The molecule has 0 spiro atoms. The number of ether oxygens (including phenoxy) is 1. The predicted molar refractivity (Wildman–Crippen MR) is 80.0 cm³/mol. The number of Topliss-reactive ketones (excluding diaryl/α,β-unsaturated/α-hetero) is 1. The van der Waals surface area contributed by atoms with Crippen molar-refractivity contribution in [1.29, 1.82) is 0 Å². The first-order valence-corrected chi connectivity index (χ1v) is 6.41. The number of aliphatic hydroxyl groups is 1. The molecule has 0 saturated heterocycles. The molecule has 2 aromatic carbocycles. The van der Waals surface area contributed by atoms with Gasteiger partial charge >= 0.3 is 0 Å². The lowest BCUT2D eigenvalue weighted by Gasteiger charge is -2.11. The van der Waals surface area contributed by atoms with Crippen LogP contribution in [0.1, 0.15) is 22.0 Å². The van der Waals surface area contributed by atoms with Gasteiger partial charge in [0, 0.05) is 5.56 Å². The normalized spacial score (nSPS) is 11.8. The molecule has 1 atom stereocenters. The molecule has 3 nitrogen and oxygen atoms in total. The summed E-state index contributed by atoms with van der Waals surface area (Å²) in [6, 6.07) is 14.0. The van der Waals surface area contributed by atoms with E-state index in [0.717, 1.165) is 5.46 Å². The van der Waals surface area contributed by atoms with Crippen LogP contribution >= 0.6 is 0 Å². The lowest BCUT2D eigenvalue weighted by atomic mass is 9.73. The summed E-state index contributed by atoms with van der Waals surface area (Å²) in [6.07, 6.45) is -1.14. The summed E-state index contributed by atoms with van der Waals surface area (Å²) in [7, 11) is 3.53. The standard InChI is InChI=1S/C16H16BO3/c1-17-13-7-3-11(4-8-13)15(18)16(19)12-5-9-14(20-2)10-6-12/h3-10,15,18H,1-2H3. The van der Waals surface area contributed by atoms with E-state index in [1.165, 1.54) is 0 Å². The van der Waals surface area contributed by atoms with E-state index in [4.69, 9.17) is 4.74 Å². The minimum atomic E-state index is -1.14. The van der Waals surface area contributed by atoms with Crippen LogP contribution in [0.15, 0.2) is 48.5 Å². The summed E-state index contributed by atoms with van der Waals surface area (Å²) in [5, 5.41) is 10.1. The molecule has 0 aliphatic rings. The van der Waals surface area contributed by atoms with Crippen LogP contribution in [-0.2, 0) is 0 Å². The van der Waals surface area contributed by atoms with Crippen LogP contribution in [0.3, 0.4) is 0 Å². The van der Waals surface area contributed by atoms with Crippen molar-refractivity contribution in [2.75, 3.05) is 7.11 Å². The van der Waals surface area contributed by atoms with Crippen molar-refractivity contribution in [3.05, 3.63) is 59.7 Å². The lowest BCUT2D eigenvalue weighted by molar-refractivity contribution is 0.0747. The Hall–Kier alpha value is -2.07. The number of hydrogen-bond acceptors (Lipinski definition) is 3. The van der Waals surface area contributed by atoms with E-state index in [1.807, 2.05) is 26.2 Å². The molecule has 0 heterocycles. The van der Waals surface area contributed by atoms with Crippen molar-refractivity contribution in [1.82, 2.24) is 0 Å². The maximum absolute atomic E-state index is 12.2. The van der Waals surface area contributed by atoms with E-state index in [9.17, 15) is 9.90 Å². The summed E-state index contributed by atoms with van der Waals surface area (Å²) in [4.78, 5) is 12.2. The first kappa shape index (κ1) is 14.3. The lowest BCUT2D eigenvalue weighted by Crippen LogP contribution is -2.15. The fourth-order valence-corrected chi connectivity index (χ4v) is 1.94. The van der Waals surface area contributed by atoms with Gasteiger partial charge in [0.15, 0.2) is 5.78 Å². The van der Waals surface area contributed by atoms with Gasteiger partial charge < -0.3 is 9.84 Å². The van der Waals surface area contributed by atoms with Crippen LogP contribution < -0.4 is 10.2 Å². The largest absolute Gasteiger partial charge is 0.497 e. The third-order valence-electron chi connectivity index (χ3n) is 3.21. The fourth-order valence-electron chi connectivity index (χ4n) is 1.94. The molecule has 1 N–H and O–H groups in total. The first-order chi connectivity index (χ1) is 9.65. The van der Waals surface area contributed by atoms with Gasteiger partial charge in [0.2, 0.25) is 0 Å². The van der Waals surface area contributed by atoms with Gasteiger partial charge in [0.05, 0.1) is 7.11 Å². The average Bonchev–Trinajstić information content (AvgIpc) is 2.53. The summed E-state index contributed by atoms with van der Waals surface area (Å²) >= 11 is 0. The minimum Gasteiger partial charge on any atom is -0.497 e. The number of ketones is 1. The highest BCUT2D eigenvalue weighted by molar-refractivity contribution is 6.51. The molecule has 0 bridgehead atoms. The molecular weight excluding hydrogens is 251 g/mol. The Morgan fingerprint density at radius 2 is 1.70 bits per heavy atom. The van der Waals surface area contributed by atoms with Gasteiger partial charge in [0.1, 0.15) is 19.1 Å². The van der Waals surface area contributed by atoms with Crippen molar-refractivity contribution in [2.45, 2.75) is 12.9 Å². The number of carbonyl (C=O) groups is 1. The average molecular weight is 267 g/mol. The maximum atomic E-state index is 12.2. The van der Waals surface area contributed by atoms with Crippen molar-refractivity contribution in [3.8, 4) is 5.75 Å². The summed E-state index contributed by atoms with van der Waals surface area (Å²) in [5.74, 6) is 0.361. The van der Waals surface area contributed by atoms with Crippen LogP contribution in [0.2, 0.25) is 6.82 Å². The van der Waals surface area contributed by atoms with E-state index in [2.05, 4.69) is 0 Å². The van der Waals surface area contributed by atoms with Gasteiger partial charge in [-0.3, -0.25) is 4.79 Å². The van der Waals surface area contributed by atoms with Crippen molar-refractivity contribution in [3.63, 3.8) is 0 Å². The number of methoxy groups -OCH3 is 1. The second-order valence-electron chi connectivity index (χ2n) is 4.45. The Morgan fingerprint density at radius 3 is 2.20 bits per heavy atom. The third-order valence-corrected chi connectivity index (χ3v) is 3.21. The summed E-state index contributed by atoms with van der Waals surface area (Å²) in [5.41, 5.74) is 2.11. The first-order valence-electron chi connectivity index (χ1n) is 6.41. The SMILES string of the molecule is C[B]c1ccc(C(O)C(=O)c2ccc(OC)cc2)cc1. The molecule has 0 aromatic heterocycles. The van der Waals surface area contributed by atoms with Crippen LogP contribution in [-0.4, -0.2) is 25.3 Å². The second-order valence-corrected chi connectivity index (χ2v) is 4.45. The smallest absolute Gasteiger partial charge is 0.195 e. The topological polar surface area (TPSA) is 46.5 Å². The minimum absolute atomic E-state index is 0.319. The molecule has 101 valence electrons. The number of carbonyl (C=O) groups excluding carboxylic acids is 1. The molecule has 20 heavy (non-hydrogen) atoms. The van der Waals surface area contributed by atoms with E-state index < -0.39 is 6.10 Å². The zero-order valence-corrected chi connectivity index (χ0v) is 11.5. The highest BCUT2D eigenvalue weighted by Gasteiger charge is 2.19. The van der Waals surface area contributed by atoms with Gasteiger partial charge in [-0.25, -0.2) is 0 Å². The number of hydrogen-bond donors (Lipinski definition) is 1. The van der Waals surface area contributed by atoms with E-state index >= 15 is 0 Å². The number of aliphatic hydroxyl groups excluding tert-OH is 1. The highest BCUT2D eigenvalue weighted by atomic mass is 16.5. The number of benzene rings is 2. The molecule has 1 unspecified atom stereocenters. The molecule has 0 saturated carbocycles. The Bertz CT molecular complexity index is 576. The molecule has 4 heteroatoms. The number of rotatable bonds is 5. The zero-order chi connectivity index (χ0) is 14.5. The molecule has 2 aromatic rings. The van der Waals surface area contributed by atoms with Crippen LogP contribution in [0.25, 0.3) is 0 Å². The van der Waals surface area contributed by atoms with Gasteiger partial charge in [-0.05, 0) is 29.8 Å². The fraction of sp³-hybridized carbons (Fsp3) is 0.188. The molecular formula is C16H16BO3. The van der Waals surface area contributed by atoms with E-state index in [0.29, 0.717) is 16.9 Å². The summed E-state index contributed by atoms with van der Waals surface area (Å²) < 4.78 is 5.04. The Balaban J connectivity index is 2.17. The second kappa shape index (κ2) is 6.39. The van der Waals surface area contributed by atoms with Crippen LogP contribution in [0, 0.1) is 0 Å². The Labute approximate surface area is 119 Å². The highest BCUT2D eigenvalue weighted by Crippen LogP contribution is 2.19. The van der Waals surface area contributed by atoms with E-state index in [1.54, 1.807) is 43.5 Å². The maximum Gasteiger partial charge on any atom is 0.195 e. The van der Waals surface area contributed by atoms with Crippen molar-refractivity contribution in [2.24, 2.45) is 0 Å². The van der Waals surface area contributed by atoms with Gasteiger partial charge in [-0.2, -0.15) is 0 Å². The monoisotopic (exact) mass is 267 g/mol. The molecule has 0 aliphatic carbocycles. The third kappa shape index (κ3) is 3.09. The zero-order valence-electron chi connectivity index (χ0n) is 11.5. The van der Waals surface area contributed by atoms with Crippen LogP contribution in [0.5, 0.6) is 5.75 Å². The quantitative estimate of drug-likeness (QED) is 0.665. The van der Waals surface area contributed by atoms with Crippen LogP contribution in [0.4, 0.5) is 0 Å². The predicted octanol–water partition coefficient (Wildman–Crippen LogP) is 1.99. The summed E-state index contributed by atoms with van der Waals surface area (Å²) in [6.45, 7) is 1.94. The molecule has 0 fully saturated rings. The van der Waals surface area contributed by atoms with Crippen molar-refractivity contribution < 1.29 is 14.6 Å². The van der Waals surface area contributed by atoms with Gasteiger partial charge in [0.25, 0.3) is 0 Å². The van der Waals surface area contributed by atoms with Crippen molar-refractivity contribution >= 4 is 18.5 Å².